The van der Waals surface area contributed by atoms with E-state index in [1.54, 1.807) is 12.1 Å². The Morgan fingerprint density at radius 1 is 1.14 bits per heavy atom. The van der Waals surface area contributed by atoms with E-state index in [9.17, 15) is 4.39 Å². The van der Waals surface area contributed by atoms with Gasteiger partial charge in [0.2, 0.25) is 0 Å². The molecule has 0 unspecified atom stereocenters. The topological polar surface area (TPSA) is 15.3 Å². The largest absolute Gasteiger partial charge is 0.358 e. The van der Waals surface area contributed by atoms with Crippen LogP contribution in [0.5, 0.6) is 0 Å². The van der Waals surface area contributed by atoms with Crippen LogP contribution in [0.4, 0.5) is 4.39 Å². The number of benzene rings is 2. The molecule has 0 radical (unpaired) electrons. The summed E-state index contributed by atoms with van der Waals surface area (Å²) >= 11 is 5.42. The minimum absolute atomic E-state index is 0.194. The second-order valence-corrected chi connectivity index (χ2v) is 5.37. The fourth-order valence-corrected chi connectivity index (χ4v) is 2.27. The quantitative estimate of drug-likeness (QED) is 0.863. The van der Waals surface area contributed by atoms with E-state index in [4.69, 9.17) is 12.2 Å². The lowest BCUT2D eigenvalue weighted by atomic mass is 10.1. The molecule has 110 valence electrons. The van der Waals surface area contributed by atoms with Gasteiger partial charge < -0.3 is 10.2 Å². The summed E-state index contributed by atoms with van der Waals surface area (Å²) in [6.45, 7) is 2.70. The van der Waals surface area contributed by atoms with Gasteiger partial charge in [-0.1, -0.05) is 42.5 Å². The lowest BCUT2D eigenvalue weighted by Gasteiger charge is -2.28. The highest BCUT2D eigenvalue weighted by Crippen LogP contribution is 2.18. The normalized spacial score (nSPS) is 11.8. The van der Waals surface area contributed by atoms with Crippen LogP contribution in [-0.4, -0.2) is 17.1 Å². The summed E-state index contributed by atoms with van der Waals surface area (Å²) < 4.78 is 12.9. The van der Waals surface area contributed by atoms with E-state index in [-0.39, 0.29) is 11.9 Å². The Kier molecular flexibility index (Phi) is 5.28. The molecule has 2 nitrogen and oxygen atoms in total. The van der Waals surface area contributed by atoms with Gasteiger partial charge in [-0.3, -0.25) is 0 Å². The zero-order valence-electron chi connectivity index (χ0n) is 12.2. The maximum Gasteiger partial charge on any atom is 0.169 e. The predicted octanol–water partition coefficient (Wildman–Crippen LogP) is 3.89. The van der Waals surface area contributed by atoms with Crippen molar-refractivity contribution in [1.29, 1.82) is 0 Å². The monoisotopic (exact) mass is 302 g/mol. The molecule has 0 aliphatic carbocycles. The van der Waals surface area contributed by atoms with E-state index in [1.807, 2.05) is 30.1 Å². The molecule has 0 heterocycles. The van der Waals surface area contributed by atoms with Crippen molar-refractivity contribution in [3.63, 3.8) is 0 Å². The second kappa shape index (κ2) is 7.18. The Balaban J connectivity index is 1.92. The van der Waals surface area contributed by atoms with Crippen molar-refractivity contribution in [3.05, 3.63) is 71.5 Å². The molecule has 21 heavy (non-hydrogen) atoms. The van der Waals surface area contributed by atoms with Crippen LogP contribution in [0.25, 0.3) is 0 Å². The molecule has 0 bridgehead atoms. The summed E-state index contributed by atoms with van der Waals surface area (Å²) in [5.74, 6) is -0.226. The van der Waals surface area contributed by atoms with E-state index in [0.717, 1.165) is 5.56 Å². The molecular weight excluding hydrogens is 283 g/mol. The molecule has 1 N–H and O–H groups in total. The van der Waals surface area contributed by atoms with Crippen LogP contribution in [0, 0.1) is 5.82 Å². The number of hydrogen-bond acceptors (Lipinski definition) is 1. The van der Waals surface area contributed by atoms with Gasteiger partial charge in [-0.05, 0) is 42.4 Å². The van der Waals surface area contributed by atoms with Crippen molar-refractivity contribution in [2.45, 2.75) is 19.5 Å². The lowest BCUT2D eigenvalue weighted by Crippen LogP contribution is -2.38. The van der Waals surface area contributed by atoms with E-state index in [0.29, 0.717) is 11.7 Å². The van der Waals surface area contributed by atoms with Crippen LogP contribution in [0.1, 0.15) is 24.1 Å². The van der Waals surface area contributed by atoms with Crippen LogP contribution >= 0.6 is 12.2 Å². The summed E-state index contributed by atoms with van der Waals surface area (Å²) in [6.07, 6.45) is 0. The van der Waals surface area contributed by atoms with Crippen molar-refractivity contribution >= 4 is 17.3 Å². The number of thiocarbonyl (C=S) groups is 1. The molecule has 0 aliphatic heterocycles. The molecule has 0 saturated heterocycles. The molecule has 0 saturated carbocycles. The van der Waals surface area contributed by atoms with Gasteiger partial charge in [0.15, 0.2) is 5.11 Å². The Morgan fingerprint density at radius 3 is 2.38 bits per heavy atom. The lowest BCUT2D eigenvalue weighted by molar-refractivity contribution is 0.395. The number of halogens is 1. The third kappa shape index (κ3) is 4.26. The van der Waals surface area contributed by atoms with Gasteiger partial charge in [0.1, 0.15) is 5.82 Å². The second-order valence-electron chi connectivity index (χ2n) is 4.98. The van der Waals surface area contributed by atoms with E-state index >= 15 is 0 Å². The molecule has 0 aromatic heterocycles. The predicted molar refractivity (Wildman–Crippen MR) is 88.5 cm³/mol. The average Bonchev–Trinajstić information content (AvgIpc) is 2.53. The highest BCUT2D eigenvalue weighted by atomic mass is 32.1. The zero-order chi connectivity index (χ0) is 15.2. The summed E-state index contributed by atoms with van der Waals surface area (Å²) in [5, 5.41) is 3.88. The van der Waals surface area contributed by atoms with Gasteiger partial charge in [-0.2, -0.15) is 0 Å². The highest BCUT2D eigenvalue weighted by Gasteiger charge is 2.13. The Hall–Kier alpha value is -1.94. The maximum absolute atomic E-state index is 12.9. The van der Waals surface area contributed by atoms with Gasteiger partial charge in [-0.25, -0.2) is 4.39 Å². The van der Waals surface area contributed by atoms with Gasteiger partial charge >= 0.3 is 0 Å². The number of nitrogens with zero attached hydrogens (tertiary/aromatic N) is 1. The average molecular weight is 302 g/mol. The minimum atomic E-state index is -0.226. The Morgan fingerprint density at radius 2 is 1.76 bits per heavy atom. The number of hydrogen-bond donors (Lipinski definition) is 1. The molecule has 4 heteroatoms. The molecule has 2 aromatic rings. The smallest absolute Gasteiger partial charge is 0.169 e. The molecule has 0 aliphatic rings. The van der Waals surface area contributed by atoms with E-state index in [2.05, 4.69) is 24.4 Å². The summed E-state index contributed by atoms with van der Waals surface area (Å²) in [7, 11) is 1.97. The van der Waals surface area contributed by atoms with Crippen LogP contribution in [0.3, 0.4) is 0 Å². The summed E-state index contributed by atoms with van der Waals surface area (Å²) in [6, 6.07) is 16.8. The van der Waals surface area contributed by atoms with Gasteiger partial charge in [-0.15, -0.1) is 0 Å². The first kappa shape index (κ1) is 15.4. The van der Waals surface area contributed by atoms with Gasteiger partial charge in [0, 0.05) is 13.6 Å². The molecular formula is C17H19FN2S. The van der Waals surface area contributed by atoms with Crippen LogP contribution in [0.2, 0.25) is 0 Å². The third-order valence-corrected chi connectivity index (χ3v) is 3.97. The summed E-state index contributed by atoms with van der Waals surface area (Å²) in [4.78, 5) is 2.02. The fourth-order valence-electron chi connectivity index (χ4n) is 2.04. The SMILES string of the molecule is C[C@@H](c1ccccc1)N(C)C(=S)NCc1ccc(F)cc1. The standard InChI is InChI=1S/C17H19FN2S/c1-13(15-6-4-3-5-7-15)20(2)17(21)19-12-14-8-10-16(18)11-9-14/h3-11,13H,12H2,1-2H3,(H,19,21)/t13-/m0/s1. The van der Waals surface area contributed by atoms with E-state index < -0.39 is 0 Å². The van der Waals surface area contributed by atoms with Crippen molar-refractivity contribution in [3.8, 4) is 0 Å². The van der Waals surface area contributed by atoms with Crippen molar-refractivity contribution in [2.75, 3.05) is 7.05 Å². The van der Waals surface area contributed by atoms with Crippen molar-refractivity contribution in [2.24, 2.45) is 0 Å². The molecule has 2 rings (SSSR count). The molecule has 0 spiro atoms. The van der Waals surface area contributed by atoms with Crippen LogP contribution < -0.4 is 5.32 Å². The molecule has 1 atom stereocenters. The number of nitrogens with one attached hydrogen (secondary N) is 1. The highest BCUT2D eigenvalue weighted by molar-refractivity contribution is 7.80. The first-order valence-electron chi connectivity index (χ1n) is 6.88. The van der Waals surface area contributed by atoms with Gasteiger partial charge in [0.05, 0.1) is 6.04 Å². The molecule has 2 aromatic carbocycles. The molecule has 0 fully saturated rings. The third-order valence-electron chi connectivity index (χ3n) is 3.54. The van der Waals surface area contributed by atoms with Crippen LogP contribution in [0.15, 0.2) is 54.6 Å². The first-order valence-corrected chi connectivity index (χ1v) is 7.29. The Bertz CT molecular complexity index is 583. The molecule has 0 amide bonds. The van der Waals surface area contributed by atoms with E-state index in [1.165, 1.54) is 17.7 Å². The fraction of sp³-hybridized carbons (Fsp3) is 0.235. The van der Waals surface area contributed by atoms with Crippen molar-refractivity contribution in [1.82, 2.24) is 10.2 Å². The van der Waals surface area contributed by atoms with Crippen molar-refractivity contribution < 1.29 is 4.39 Å². The van der Waals surface area contributed by atoms with Crippen LogP contribution in [-0.2, 0) is 6.54 Å². The Labute approximate surface area is 130 Å². The van der Waals surface area contributed by atoms with Gasteiger partial charge in [0.25, 0.3) is 0 Å². The summed E-state index contributed by atoms with van der Waals surface area (Å²) in [5.41, 5.74) is 2.21. The first-order chi connectivity index (χ1) is 10.1. The minimum Gasteiger partial charge on any atom is -0.358 e. The zero-order valence-corrected chi connectivity index (χ0v) is 13.0. The number of rotatable bonds is 4. The maximum atomic E-state index is 12.9.